The SMILES string of the molecule is CCNCc1nc(C2CCCC(F)(F)C2)no1. The van der Waals surface area contributed by atoms with Gasteiger partial charge in [0, 0.05) is 18.8 Å². The first-order valence-electron chi connectivity index (χ1n) is 6.02. The highest BCUT2D eigenvalue weighted by molar-refractivity contribution is 4.99. The molecule has 1 N–H and O–H groups in total. The minimum atomic E-state index is -2.58. The van der Waals surface area contributed by atoms with E-state index < -0.39 is 5.92 Å². The number of aromatic nitrogens is 2. The zero-order chi connectivity index (χ0) is 12.3. The first-order chi connectivity index (χ1) is 8.11. The van der Waals surface area contributed by atoms with E-state index in [1.165, 1.54) is 0 Å². The number of alkyl halides is 2. The summed E-state index contributed by atoms with van der Waals surface area (Å²) >= 11 is 0. The molecule has 1 atom stereocenters. The van der Waals surface area contributed by atoms with Gasteiger partial charge >= 0.3 is 0 Å². The van der Waals surface area contributed by atoms with E-state index in [4.69, 9.17) is 4.52 Å². The lowest BCUT2D eigenvalue weighted by Crippen LogP contribution is -2.25. The minimum absolute atomic E-state index is 0.0222. The van der Waals surface area contributed by atoms with Crippen molar-refractivity contribution in [2.45, 2.75) is 51.0 Å². The Balaban J connectivity index is 1.99. The molecule has 1 saturated carbocycles. The van der Waals surface area contributed by atoms with Crippen LogP contribution < -0.4 is 5.32 Å². The molecule has 2 rings (SSSR count). The van der Waals surface area contributed by atoms with Crippen LogP contribution >= 0.6 is 0 Å². The molecule has 1 aliphatic rings. The lowest BCUT2D eigenvalue weighted by atomic mass is 9.86. The van der Waals surface area contributed by atoms with Crippen LogP contribution in [0.3, 0.4) is 0 Å². The van der Waals surface area contributed by atoms with Crippen molar-refractivity contribution in [2.75, 3.05) is 6.54 Å². The van der Waals surface area contributed by atoms with Gasteiger partial charge in [0.05, 0.1) is 6.54 Å². The highest BCUT2D eigenvalue weighted by Crippen LogP contribution is 2.40. The molecule has 4 nitrogen and oxygen atoms in total. The van der Waals surface area contributed by atoms with Gasteiger partial charge in [0.1, 0.15) is 0 Å². The van der Waals surface area contributed by atoms with E-state index >= 15 is 0 Å². The predicted molar refractivity (Wildman–Crippen MR) is 57.8 cm³/mol. The van der Waals surface area contributed by atoms with E-state index in [1.54, 1.807) is 0 Å². The molecule has 0 spiro atoms. The molecule has 6 heteroatoms. The molecule has 1 aliphatic carbocycles. The third kappa shape index (κ3) is 3.21. The van der Waals surface area contributed by atoms with Gasteiger partial charge in [0.15, 0.2) is 5.82 Å². The third-order valence-electron chi connectivity index (χ3n) is 3.02. The van der Waals surface area contributed by atoms with E-state index in [0.29, 0.717) is 24.7 Å². The maximum Gasteiger partial charge on any atom is 0.248 e. The molecule has 0 radical (unpaired) electrons. The quantitative estimate of drug-likeness (QED) is 0.885. The van der Waals surface area contributed by atoms with Gasteiger partial charge in [-0.2, -0.15) is 4.98 Å². The van der Waals surface area contributed by atoms with Gasteiger partial charge in [-0.3, -0.25) is 0 Å². The van der Waals surface area contributed by atoms with Crippen molar-refractivity contribution >= 4 is 0 Å². The zero-order valence-corrected chi connectivity index (χ0v) is 9.88. The van der Waals surface area contributed by atoms with Crippen LogP contribution in [0.2, 0.25) is 0 Å². The molecule has 1 aromatic rings. The lowest BCUT2D eigenvalue weighted by Gasteiger charge is -2.26. The van der Waals surface area contributed by atoms with Gasteiger partial charge in [-0.25, -0.2) is 8.78 Å². The van der Waals surface area contributed by atoms with Crippen LogP contribution in [0.4, 0.5) is 8.78 Å². The number of rotatable bonds is 4. The van der Waals surface area contributed by atoms with Crippen molar-refractivity contribution in [3.63, 3.8) is 0 Å². The molecule has 1 unspecified atom stereocenters. The minimum Gasteiger partial charge on any atom is -0.338 e. The fraction of sp³-hybridized carbons (Fsp3) is 0.818. The third-order valence-corrected chi connectivity index (χ3v) is 3.02. The normalized spacial score (nSPS) is 23.8. The molecule has 1 aromatic heterocycles. The summed E-state index contributed by atoms with van der Waals surface area (Å²) in [5, 5.41) is 6.85. The topological polar surface area (TPSA) is 51.0 Å². The van der Waals surface area contributed by atoms with Crippen molar-refractivity contribution in [3.05, 3.63) is 11.7 Å². The molecule has 0 saturated heterocycles. The Morgan fingerprint density at radius 2 is 2.35 bits per heavy atom. The van der Waals surface area contributed by atoms with Gasteiger partial charge in [-0.15, -0.1) is 0 Å². The van der Waals surface area contributed by atoms with E-state index in [2.05, 4.69) is 15.5 Å². The Kier molecular flexibility index (Phi) is 3.71. The summed E-state index contributed by atoms with van der Waals surface area (Å²) < 4.78 is 31.5. The zero-order valence-electron chi connectivity index (χ0n) is 9.88. The number of halogens is 2. The van der Waals surface area contributed by atoms with Crippen LogP contribution in [0.5, 0.6) is 0 Å². The Morgan fingerprint density at radius 3 is 3.06 bits per heavy atom. The van der Waals surface area contributed by atoms with Crippen molar-refractivity contribution in [1.82, 2.24) is 15.5 Å². The van der Waals surface area contributed by atoms with Crippen LogP contribution in [-0.2, 0) is 6.54 Å². The number of nitrogens with zero attached hydrogens (tertiary/aromatic N) is 2. The highest BCUT2D eigenvalue weighted by Gasteiger charge is 2.38. The average Bonchev–Trinajstić information content (AvgIpc) is 2.73. The second kappa shape index (κ2) is 5.08. The summed E-state index contributed by atoms with van der Waals surface area (Å²) in [7, 11) is 0. The second-order valence-electron chi connectivity index (χ2n) is 4.48. The molecule has 1 heterocycles. The summed E-state index contributed by atoms with van der Waals surface area (Å²) in [6, 6.07) is 0. The van der Waals surface area contributed by atoms with E-state index in [9.17, 15) is 8.78 Å². The summed E-state index contributed by atoms with van der Waals surface area (Å²) in [6.45, 7) is 3.27. The van der Waals surface area contributed by atoms with Gasteiger partial charge < -0.3 is 9.84 Å². The molecule has 0 bridgehead atoms. The maximum atomic E-state index is 13.3. The Labute approximate surface area is 98.8 Å². The first kappa shape index (κ1) is 12.4. The van der Waals surface area contributed by atoms with Crippen molar-refractivity contribution in [1.29, 1.82) is 0 Å². The molecule has 0 aliphatic heterocycles. The van der Waals surface area contributed by atoms with E-state index in [-0.39, 0.29) is 18.8 Å². The van der Waals surface area contributed by atoms with Crippen molar-refractivity contribution in [2.24, 2.45) is 0 Å². The standard InChI is InChI=1S/C11H17F2N3O/c1-2-14-7-9-15-10(16-17-9)8-4-3-5-11(12,13)6-8/h8,14H,2-7H2,1H3. The molecule has 0 amide bonds. The van der Waals surface area contributed by atoms with Crippen LogP contribution in [0.25, 0.3) is 0 Å². The lowest BCUT2D eigenvalue weighted by molar-refractivity contribution is -0.0418. The van der Waals surface area contributed by atoms with Crippen LogP contribution in [0.15, 0.2) is 4.52 Å². The molecular weight excluding hydrogens is 228 g/mol. The van der Waals surface area contributed by atoms with E-state index in [0.717, 1.165) is 13.0 Å². The Hall–Kier alpha value is -1.04. The molecule has 0 aromatic carbocycles. The Bertz CT molecular complexity index is 367. The largest absolute Gasteiger partial charge is 0.338 e. The number of hydrogen-bond donors (Lipinski definition) is 1. The van der Waals surface area contributed by atoms with Gasteiger partial charge in [0.25, 0.3) is 0 Å². The fourth-order valence-corrected chi connectivity index (χ4v) is 2.13. The number of hydrogen-bond acceptors (Lipinski definition) is 4. The average molecular weight is 245 g/mol. The molecule has 96 valence electrons. The predicted octanol–water partition coefficient (Wildman–Crippen LogP) is 2.47. The molecule has 1 fully saturated rings. The Morgan fingerprint density at radius 1 is 1.53 bits per heavy atom. The van der Waals surface area contributed by atoms with Crippen LogP contribution in [-0.4, -0.2) is 22.6 Å². The fourth-order valence-electron chi connectivity index (χ4n) is 2.13. The summed E-state index contributed by atoms with van der Waals surface area (Å²) in [5.74, 6) is -1.95. The molecule has 17 heavy (non-hydrogen) atoms. The summed E-state index contributed by atoms with van der Waals surface area (Å²) in [4.78, 5) is 4.16. The molecular formula is C11H17F2N3O. The summed E-state index contributed by atoms with van der Waals surface area (Å²) in [6.07, 6.45) is 1.06. The van der Waals surface area contributed by atoms with Gasteiger partial charge in [-0.05, 0) is 19.4 Å². The van der Waals surface area contributed by atoms with Crippen LogP contribution in [0, 0.1) is 0 Å². The van der Waals surface area contributed by atoms with Gasteiger partial charge in [0.2, 0.25) is 11.8 Å². The number of nitrogens with one attached hydrogen (secondary N) is 1. The van der Waals surface area contributed by atoms with Crippen molar-refractivity contribution in [3.8, 4) is 0 Å². The second-order valence-corrected chi connectivity index (χ2v) is 4.48. The van der Waals surface area contributed by atoms with Gasteiger partial charge in [-0.1, -0.05) is 12.1 Å². The van der Waals surface area contributed by atoms with Crippen LogP contribution in [0.1, 0.15) is 50.2 Å². The summed E-state index contributed by atoms with van der Waals surface area (Å²) in [5.41, 5.74) is 0. The smallest absolute Gasteiger partial charge is 0.248 e. The maximum absolute atomic E-state index is 13.3. The monoisotopic (exact) mass is 245 g/mol. The van der Waals surface area contributed by atoms with E-state index in [1.807, 2.05) is 6.92 Å². The highest BCUT2D eigenvalue weighted by atomic mass is 19.3. The van der Waals surface area contributed by atoms with Crippen molar-refractivity contribution < 1.29 is 13.3 Å². The first-order valence-corrected chi connectivity index (χ1v) is 6.02.